The van der Waals surface area contributed by atoms with E-state index in [2.05, 4.69) is 11.0 Å². The van der Waals surface area contributed by atoms with Gasteiger partial charge in [0.05, 0.1) is 12.2 Å². The summed E-state index contributed by atoms with van der Waals surface area (Å²) in [6.07, 6.45) is 3.04. The van der Waals surface area contributed by atoms with Gasteiger partial charge in [-0.1, -0.05) is 47.5 Å². The number of alkyl halides is 1. The van der Waals surface area contributed by atoms with Gasteiger partial charge in [-0.05, 0) is 95.5 Å². The van der Waals surface area contributed by atoms with Crippen LogP contribution in [0.25, 0.3) is 11.1 Å². The van der Waals surface area contributed by atoms with Crippen molar-refractivity contribution in [2.24, 2.45) is 0 Å². The van der Waals surface area contributed by atoms with Crippen LogP contribution in [0.15, 0.2) is 60.7 Å². The standard InChI is InChI=1S/C30H28Cl2FNO3/c31-22-9-11-26(28(32)16-22)27-7-2-4-19-14-21(30(35)36)8-10-25(19)29(27)20-5-1-6-23(15-20)37-24-17-34(18-24)13-3-12-33/h1,5-6,8-11,14-16,24H,2-4,7,12-13,17-18H2,(H,35,36). The Morgan fingerprint density at radius 1 is 1.03 bits per heavy atom. The highest BCUT2D eigenvalue weighted by molar-refractivity contribution is 6.36. The first-order valence-electron chi connectivity index (χ1n) is 12.5. The predicted octanol–water partition coefficient (Wildman–Crippen LogP) is 7.41. The molecular formula is C30H28Cl2FNO3. The zero-order valence-electron chi connectivity index (χ0n) is 20.4. The van der Waals surface area contributed by atoms with Gasteiger partial charge in [0.15, 0.2) is 0 Å². The van der Waals surface area contributed by atoms with Gasteiger partial charge < -0.3 is 9.84 Å². The summed E-state index contributed by atoms with van der Waals surface area (Å²) in [6.45, 7) is 2.04. The lowest BCUT2D eigenvalue weighted by Crippen LogP contribution is -2.53. The molecule has 0 spiro atoms. The second-order valence-corrected chi connectivity index (χ2v) is 10.4. The number of likely N-dealkylation sites (tertiary alicyclic amines) is 1. The minimum absolute atomic E-state index is 0.0774. The van der Waals surface area contributed by atoms with Gasteiger partial charge in [-0.3, -0.25) is 9.29 Å². The number of nitrogens with zero attached hydrogens (tertiary/aromatic N) is 1. The minimum atomic E-state index is -0.935. The highest BCUT2D eigenvalue weighted by atomic mass is 35.5. The Balaban J connectivity index is 1.56. The number of fused-ring (bicyclic) bond motifs is 1. The molecule has 1 N–H and O–H groups in total. The third kappa shape index (κ3) is 5.69. The number of carboxylic acid groups (broad SMARTS) is 1. The second kappa shape index (κ2) is 11.3. The zero-order chi connectivity index (χ0) is 25.9. The highest BCUT2D eigenvalue weighted by Crippen LogP contribution is 2.43. The Labute approximate surface area is 226 Å². The Morgan fingerprint density at radius 2 is 1.84 bits per heavy atom. The number of carbonyl (C=O) groups is 1. The number of rotatable bonds is 8. The number of ether oxygens (including phenoxy) is 1. The van der Waals surface area contributed by atoms with Crippen LogP contribution >= 0.6 is 23.2 Å². The lowest BCUT2D eigenvalue weighted by molar-refractivity contribution is 0.0184. The molecule has 2 aliphatic rings. The SMILES string of the molecule is O=C(O)c1ccc2c(c1)CCCC(c1ccc(Cl)cc1Cl)=C2c1cccc(OC2CN(CCCF)C2)c1. The summed E-state index contributed by atoms with van der Waals surface area (Å²) in [7, 11) is 0. The van der Waals surface area contributed by atoms with Crippen LogP contribution in [-0.4, -0.2) is 48.4 Å². The molecule has 3 aromatic carbocycles. The Kier molecular flexibility index (Phi) is 7.84. The number of hydrogen-bond acceptors (Lipinski definition) is 3. The van der Waals surface area contributed by atoms with Crippen molar-refractivity contribution in [2.45, 2.75) is 31.8 Å². The number of hydrogen-bond donors (Lipinski definition) is 1. The summed E-state index contributed by atoms with van der Waals surface area (Å²) < 4.78 is 18.7. The molecule has 1 aliphatic heterocycles. The van der Waals surface area contributed by atoms with Crippen molar-refractivity contribution in [2.75, 3.05) is 26.3 Å². The molecule has 0 radical (unpaired) electrons. The average Bonchev–Trinajstić information content (AvgIpc) is 3.04. The zero-order valence-corrected chi connectivity index (χ0v) is 21.9. The van der Waals surface area contributed by atoms with Crippen molar-refractivity contribution >= 4 is 40.3 Å². The van der Waals surface area contributed by atoms with Crippen molar-refractivity contribution < 1.29 is 19.0 Å². The first kappa shape index (κ1) is 25.8. The molecule has 37 heavy (non-hydrogen) atoms. The third-order valence-electron chi connectivity index (χ3n) is 7.01. The maximum absolute atomic E-state index is 12.5. The topological polar surface area (TPSA) is 49.8 Å². The molecule has 0 aromatic heterocycles. The van der Waals surface area contributed by atoms with Crippen molar-refractivity contribution in [3.63, 3.8) is 0 Å². The number of halogens is 3. The number of benzene rings is 3. The van der Waals surface area contributed by atoms with Crippen LogP contribution < -0.4 is 4.74 Å². The molecule has 1 fully saturated rings. The maximum Gasteiger partial charge on any atom is 0.335 e. The van der Waals surface area contributed by atoms with Crippen LogP contribution in [0.5, 0.6) is 5.75 Å². The smallest absolute Gasteiger partial charge is 0.335 e. The molecule has 192 valence electrons. The first-order chi connectivity index (χ1) is 17.9. The van der Waals surface area contributed by atoms with Crippen LogP contribution in [0.4, 0.5) is 4.39 Å². The summed E-state index contributed by atoms with van der Waals surface area (Å²) in [6, 6.07) is 18.9. The van der Waals surface area contributed by atoms with Crippen LogP contribution in [0, 0.1) is 0 Å². The fourth-order valence-electron chi connectivity index (χ4n) is 5.23. The van der Waals surface area contributed by atoms with Gasteiger partial charge in [0, 0.05) is 29.7 Å². The number of aryl methyl sites for hydroxylation is 1. The van der Waals surface area contributed by atoms with Gasteiger partial charge in [-0.15, -0.1) is 0 Å². The van der Waals surface area contributed by atoms with E-state index in [1.54, 1.807) is 18.2 Å². The number of carboxylic acids is 1. The van der Waals surface area contributed by atoms with Gasteiger partial charge in [-0.2, -0.15) is 0 Å². The molecule has 7 heteroatoms. The Hall–Kier alpha value is -2.86. The molecule has 0 saturated carbocycles. The van der Waals surface area contributed by atoms with E-state index in [9.17, 15) is 14.3 Å². The normalized spacial score (nSPS) is 16.2. The van der Waals surface area contributed by atoms with Crippen molar-refractivity contribution in [3.8, 4) is 5.75 Å². The van der Waals surface area contributed by atoms with Crippen molar-refractivity contribution in [3.05, 3.63) is 98.5 Å². The highest BCUT2D eigenvalue weighted by Gasteiger charge is 2.28. The predicted molar refractivity (Wildman–Crippen MR) is 147 cm³/mol. The van der Waals surface area contributed by atoms with Crippen LogP contribution in [0.3, 0.4) is 0 Å². The van der Waals surface area contributed by atoms with Crippen LogP contribution in [0.2, 0.25) is 10.0 Å². The minimum Gasteiger partial charge on any atom is -0.488 e. The lowest BCUT2D eigenvalue weighted by Gasteiger charge is -2.38. The Morgan fingerprint density at radius 3 is 2.59 bits per heavy atom. The third-order valence-corrected chi connectivity index (χ3v) is 7.56. The molecule has 3 aromatic rings. The molecule has 0 amide bonds. The first-order valence-corrected chi connectivity index (χ1v) is 13.3. The van der Waals surface area contributed by atoms with Crippen molar-refractivity contribution in [1.82, 2.24) is 4.90 Å². The van der Waals surface area contributed by atoms with E-state index in [1.807, 2.05) is 36.4 Å². The fourth-order valence-corrected chi connectivity index (χ4v) is 5.76. The number of aromatic carboxylic acids is 1. The molecule has 1 saturated heterocycles. The molecule has 0 atom stereocenters. The summed E-state index contributed by atoms with van der Waals surface area (Å²) >= 11 is 12.9. The maximum atomic E-state index is 12.5. The molecule has 0 unspecified atom stereocenters. The van der Waals surface area contributed by atoms with Crippen LogP contribution in [0.1, 0.15) is 51.9 Å². The fraction of sp³-hybridized carbons (Fsp3) is 0.300. The van der Waals surface area contributed by atoms with Crippen LogP contribution in [-0.2, 0) is 6.42 Å². The molecule has 0 bridgehead atoms. The van der Waals surface area contributed by atoms with E-state index in [1.165, 1.54) is 0 Å². The van der Waals surface area contributed by atoms with E-state index in [0.29, 0.717) is 16.5 Å². The summed E-state index contributed by atoms with van der Waals surface area (Å²) in [5, 5.41) is 10.7. The molecular weight excluding hydrogens is 512 g/mol. The monoisotopic (exact) mass is 539 g/mol. The van der Waals surface area contributed by atoms with Gasteiger partial charge >= 0.3 is 5.97 Å². The number of allylic oxidation sites excluding steroid dienone is 1. The second-order valence-electron chi connectivity index (χ2n) is 9.58. The van der Waals surface area contributed by atoms with Crippen molar-refractivity contribution in [1.29, 1.82) is 0 Å². The largest absolute Gasteiger partial charge is 0.488 e. The average molecular weight is 540 g/mol. The summed E-state index contributed by atoms with van der Waals surface area (Å²) in [4.78, 5) is 13.9. The van der Waals surface area contributed by atoms with E-state index in [0.717, 1.165) is 78.0 Å². The van der Waals surface area contributed by atoms with E-state index in [4.69, 9.17) is 27.9 Å². The van der Waals surface area contributed by atoms with E-state index < -0.39 is 5.97 Å². The van der Waals surface area contributed by atoms with Gasteiger partial charge in [0.1, 0.15) is 11.9 Å². The van der Waals surface area contributed by atoms with Gasteiger partial charge in [-0.25, -0.2) is 4.79 Å². The van der Waals surface area contributed by atoms with E-state index in [-0.39, 0.29) is 18.3 Å². The van der Waals surface area contributed by atoms with Gasteiger partial charge in [0.2, 0.25) is 0 Å². The summed E-state index contributed by atoms with van der Waals surface area (Å²) in [5.74, 6) is -0.162. The molecule has 1 heterocycles. The molecule has 4 nitrogen and oxygen atoms in total. The summed E-state index contributed by atoms with van der Waals surface area (Å²) in [5.41, 5.74) is 6.32. The molecule has 1 aliphatic carbocycles. The molecule has 5 rings (SSSR count). The lowest BCUT2D eigenvalue weighted by atomic mass is 9.87. The quantitative estimate of drug-likeness (QED) is 0.323. The van der Waals surface area contributed by atoms with Gasteiger partial charge in [0.25, 0.3) is 0 Å². The van der Waals surface area contributed by atoms with E-state index >= 15 is 0 Å². The Bertz CT molecular complexity index is 1350.